The molecule has 1 radical (unpaired) electrons. The Morgan fingerprint density at radius 1 is 0.750 bits per heavy atom. The van der Waals surface area contributed by atoms with Crippen LogP contribution >= 0.6 is 0 Å². The average Bonchev–Trinajstić information content (AvgIpc) is 3.04. The van der Waals surface area contributed by atoms with Crippen LogP contribution in [0, 0.1) is 0 Å². The molecule has 0 amide bonds. The van der Waals surface area contributed by atoms with Gasteiger partial charge in [-0.1, -0.05) is 0 Å². The van der Waals surface area contributed by atoms with Gasteiger partial charge in [0.25, 0.3) is 0 Å². The van der Waals surface area contributed by atoms with Crippen molar-refractivity contribution in [1.29, 1.82) is 0 Å². The Balaban J connectivity index is 2.05. The fourth-order valence-electron chi connectivity index (χ4n) is 2.31. The molecule has 2 nitrogen and oxygen atoms in total. The first-order valence-electron chi connectivity index (χ1n) is 6.55. The van der Waals surface area contributed by atoms with E-state index in [0.29, 0.717) is 5.76 Å². The van der Waals surface area contributed by atoms with E-state index in [2.05, 4.69) is 24.3 Å². The van der Waals surface area contributed by atoms with Gasteiger partial charge in [0.1, 0.15) is 0 Å². The van der Waals surface area contributed by atoms with Crippen molar-refractivity contribution in [3.05, 3.63) is 84.8 Å². The molecule has 3 aromatic rings. The van der Waals surface area contributed by atoms with Gasteiger partial charge in [-0.3, -0.25) is 0 Å². The minimum atomic E-state index is -2.10. The van der Waals surface area contributed by atoms with Crippen molar-refractivity contribution in [2.24, 2.45) is 0 Å². The third-order valence-electron chi connectivity index (χ3n) is 3.26. The fourth-order valence-corrected chi connectivity index (χ4v) is 7.59. The van der Waals surface area contributed by atoms with E-state index in [0.717, 1.165) is 0 Å². The number of rotatable bonds is 4. The molecule has 0 aliphatic carbocycles. The summed E-state index contributed by atoms with van der Waals surface area (Å²) in [6.45, 7) is 0. The predicted molar refractivity (Wildman–Crippen MR) is 81.6 cm³/mol. The van der Waals surface area contributed by atoms with E-state index in [4.69, 9.17) is 4.42 Å². The van der Waals surface area contributed by atoms with Crippen LogP contribution in [0.2, 0.25) is 0 Å². The number of hydrogen-bond acceptors (Lipinski definition) is 2. The van der Waals surface area contributed by atoms with Crippen LogP contribution in [0.1, 0.15) is 10.7 Å². The number of aliphatic hydroxyl groups is 1. The number of hydrogen-bond donors (Lipinski definition) is 1. The third-order valence-corrected chi connectivity index (χ3v) is 9.01. The summed E-state index contributed by atoms with van der Waals surface area (Å²) in [5.41, 5.74) is 0. The number of benzene rings is 2. The zero-order valence-electron chi connectivity index (χ0n) is 10.9. The molecule has 99 valence electrons. The van der Waals surface area contributed by atoms with Crippen LogP contribution in [-0.2, 0) is 0 Å². The van der Waals surface area contributed by atoms with Crippen molar-refractivity contribution in [2.45, 2.75) is 4.94 Å². The molecule has 1 aromatic heterocycles. The van der Waals surface area contributed by atoms with E-state index in [1.165, 1.54) is 8.79 Å². The first-order chi connectivity index (χ1) is 9.86. The standard InChI is InChI=1S/C17H15GeO2/c19-17(16-12-7-13-20-16)18(14-8-3-1-4-9-14)15-10-5-2-6-11-15/h1-13,17,19H. The summed E-state index contributed by atoms with van der Waals surface area (Å²) < 4.78 is 7.89. The van der Waals surface area contributed by atoms with Crippen LogP contribution < -0.4 is 8.79 Å². The van der Waals surface area contributed by atoms with Gasteiger partial charge >= 0.3 is 122 Å². The zero-order chi connectivity index (χ0) is 13.8. The molecule has 1 N–H and O–H groups in total. The van der Waals surface area contributed by atoms with Crippen molar-refractivity contribution in [3.63, 3.8) is 0 Å². The van der Waals surface area contributed by atoms with E-state index in [1.54, 1.807) is 6.26 Å². The molecule has 1 heterocycles. The van der Waals surface area contributed by atoms with Crippen LogP contribution in [0.15, 0.2) is 83.5 Å². The number of aliphatic hydroxyl groups excluding tert-OH is 1. The van der Waals surface area contributed by atoms with Gasteiger partial charge in [-0.15, -0.1) is 0 Å². The fraction of sp³-hybridized carbons (Fsp3) is 0.0588. The molecule has 2 aromatic carbocycles. The molecule has 0 fully saturated rings. The Morgan fingerprint density at radius 3 is 1.75 bits per heavy atom. The second-order valence-corrected chi connectivity index (χ2v) is 9.87. The SMILES string of the molecule is O[CH](c1ccco1)[Ge]([c]1ccccc1)[c]1ccccc1. The van der Waals surface area contributed by atoms with Gasteiger partial charge in [0.15, 0.2) is 0 Å². The van der Waals surface area contributed by atoms with Crippen LogP contribution in [0.3, 0.4) is 0 Å². The van der Waals surface area contributed by atoms with Gasteiger partial charge in [-0.2, -0.15) is 0 Å². The van der Waals surface area contributed by atoms with Crippen molar-refractivity contribution in [2.75, 3.05) is 0 Å². The quantitative estimate of drug-likeness (QED) is 0.746. The van der Waals surface area contributed by atoms with Gasteiger partial charge in [0.2, 0.25) is 0 Å². The average molecular weight is 324 g/mol. The molecule has 0 spiro atoms. The van der Waals surface area contributed by atoms with Crippen LogP contribution in [0.25, 0.3) is 0 Å². The van der Waals surface area contributed by atoms with Crippen LogP contribution in [-0.4, -0.2) is 19.5 Å². The maximum atomic E-state index is 10.8. The molecule has 0 saturated heterocycles. The van der Waals surface area contributed by atoms with Crippen molar-refractivity contribution >= 4 is 23.1 Å². The third kappa shape index (κ3) is 2.71. The summed E-state index contributed by atoms with van der Waals surface area (Å²) in [4.78, 5) is -0.533. The van der Waals surface area contributed by atoms with E-state index in [9.17, 15) is 5.11 Å². The molecule has 0 bridgehead atoms. The Bertz CT molecular complexity index is 596. The van der Waals surface area contributed by atoms with Gasteiger partial charge < -0.3 is 0 Å². The molecule has 0 aliphatic rings. The van der Waals surface area contributed by atoms with Gasteiger partial charge in [0.05, 0.1) is 0 Å². The Hall–Kier alpha value is -1.78. The monoisotopic (exact) mass is 325 g/mol. The second-order valence-electron chi connectivity index (χ2n) is 4.56. The summed E-state index contributed by atoms with van der Waals surface area (Å²) >= 11 is -2.10. The maximum absolute atomic E-state index is 10.8. The molecule has 3 heteroatoms. The molecular formula is C17H15GeO2. The van der Waals surface area contributed by atoms with Gasteiger partial charge in [-0.05, 0) is 0 Å². The summed E-state index contributed by atoms with van der Waals surface area (Å²) in [5.74, 6) is 0.660. The Labute approximate surface area is 122 Å². The Morgan fingerprint density at radius 2 is 1.30 bits per heavy atom. The first-order valence-corrected chi connectivity index (χ1v) is 9.86. The van der Waals surface area contributed by atoms with Gasteiger partial charge in [0, 0.05) is 0 Å². The van der Waals surface area contributed by atoms with Crippen LogP contribution in [0.5, 0.6) is 0 Å². The van der Waals surface area contributed by atoms with Crippen molar-refractivity contribution in [3.8, 4) is 0 Å². The van der Waals surface area contributed by atoms with Crippen molar-refractivity contribution in [1.82, 2.24) is 0 Å². The van der Waals surface area contributed by atoms with E-state index >= 15 is 0 Å². The normalized spacial score (nSPS) is 12.5. The van der Waals surface area contributed by atoms with E-state index in [1.807, 2.05) is 48.5 Å². The summed E-state index contributed by atoms with van der Waals surface area (Å²) in [6, 6.07) is 24.2. The molecule has 20 heavy (non-hydrogen) atoms. The molecule has 1 unspecified atom stereocenters. The van der Waals surface area contributed by atoms with Crippen LogP contribution in [0.4, 0.5) is 0 Å². The topological polar surface area (TPSA) is 33.4 Å². The van der Waals surface area contributed by atoms with E-state index < -0.39 is 19.3 Å². The molecular weight excluding hydrogens is 309 g/mol. The zero-order valence-corrected chi connectivity index (χ0v) is 13.0. The predicted octanol–water partition coefficient (Wildman–Crippen LogP) is 2.16. The Kier molecular flexibility index (Phi) is 4.04. The van der Waals surface area contributed by atoms with Crippen molar-refractivity contribution < 1.29 is 9.52 Å². The molecule has 0 saturated carbocycles. The summed E-state index contributed by atoms with van der Waals surface area (Å²) in [5, 5.41) is 10.8. The van der Waals surface area contributed by atoms with E-state index in [-0.39, 0.29) is 0 Å². The summed E-state index contributed by atoms with van der Waals surface area (Å²) in [6.07, 6.45) is 1.62. The summed E-state index contributed by atoms with van der Waals surface area (Å²) in [7, 11) is 0. The minimum absolute atomic E-state index is 0.533. The first kappa shape index (κ1) is 13.2. The molecule has 3 rings (SSSR count). The number of furan rings is 1. The molecule has 1 atom stereocenters. The van der Waals surface area contributed by atoms with Gasteiger partial charge in [-0.25, -0.2) is 0 Å². The molecule has 0 aliphatic heterocycles. The second kappa shape index (κ2) is 6.12.